The molecule has 1 aromatic rings. The van der Waals surface area contributed by atoms with Gasteiger partial charge < -0.3 is 5.11 Å². The molecule has 1 nitrogen and oxygen atoms in total. The van der Waals surface area contributed by atoms with Crippen LogP contribution >= 0.6 is 61.1 Å². The molecular formula is C6H3BrI2O. The van der Waals surface area contributed by atoms with E-state index in [1.54, 1.807) is 0 Å². The number of aromatic hydroxyl groups is 1. The average molecular weight is 425 g/mol. The maximum atomic E-state index is 9.33. The molecular weight excluding hydrogens is 422 g/mol. The minimum Gasteiger partial charge on any atom is -0.506 e. The highest BCUT2D eigenvalue weighted by atomic mass is 127. The SMILES string of the molecule is Oc1c(Br)ccc(I)c1I. The Hall–Kier alpha value is 0.960. The van der Waals surface area contributed by atoms with E-state index in [1.165, 1.54) is 0 Å². The first-order valence-electron chi connectivity index (χ1n) is 2.45. The van der Waals surface area contributed by atoms with Gasteiger partial charge in [0, 0.05) is 3.57 Å². The number of rotatable bonds is 0. The third-order valence-electron chi connectivity index (χ3n) is 1.02. The average Bonchev–Trinajstić information content (AvgIpc) is 1.93. The lowest BCUT2D eigenvalue weighted by Crippen LogP contribution is -1.80. The molecule has 0 bridgehead atoms. The van der Waals surface area contributed by atoms with Gasteiger partial charge >= 0.3 is 0 Å². The Labute approximate surface area is 94.6 Å². The molecule has 0 radical (unpaired) electrons. The van der Waals surface area contributed by atoms with E-state index < -0.39 is 0 Å². The minimum atomic E-state index is 0.326. The van der Waals surface area contributed by atoms with Crippen LogP contribution in [0, 0.1) is 7.14 Å². The maximum absolute atomic E-state index is 9.33. The van der Waals surface area contributed by atoms with Gasteiger partial charge in [-0.05, 0) is 73.2 Å². The summed E-state index contributed by atoms with van der Waals surface area (Å²) in [5.41, 5.74) is 0. The van der Waals surface area contributed by atoms with Crippen LogP contribution in [0.3, 0.4) is 0 Å². The molecule has 0 unspecified atom stereocenters. The monoisotopic (exact) mass is 424 g/mol. The highest BCUT2D eigenvalue weighted by Gasteiger charge is 2.04. The molecule has 0 aromatic heterocycles. The van der Waals surface area contributed by atoms with E-state index in [0.29, 0.717) is 5.75 Å². The van der Waals surface area contributed by atoms with Crippen molar-refractivity contribution in [3.8, 4) is 5.75 Å². The summed E-state index contributed by atoms with van der Waals surface area (Å²) in [5.74, 6) is 0.326. The van der Waals surface area contributed by atoms with Crippen LogP contribution in [0.25, 0.3) is 0 Å². The van der Waals surface area contributed by atoms with E-state index in [0.717, 1.165) is 11.6 Å². The predicted octanol–water partition coefficient (Wildman–Crippen LogP) is 3.36. The second-order valence-corrected chi connectivity index (χ2v) is 4.79. The van der Waals surface area contributed by atoms with Gasteiger partial charge in [-0.25, -0.2) is 0 Å². The van der Waals surface area contributed by atoms with Crippen molar-refractivity contribution in [2.75, 3.05) is 0 Å². The molecule has 0 atom stereocenters. The number of phenolic OH excluding ortho intramolecular Hbond substituents is 1. The molecule has 0 aliphatic heterocycles. The van der Waals surface area contributed by atoms with E-state index >= 15 is 0 Å². The molecule has 1 rings (SSSR count). The van der Waals surface area contributed by atoms with Gasteiger partial charge in [0.25, 0.3) is 0 Å². The molecule has 10 heavy (non-hydrogen) atoms. The Kier molecular flexibility index (Phi) is 3.23. The van der Waals surface area contributed by atoms with Gasteiger partial charge in [-0.3, -0.25) is 0 Å². The molecule has 0 aliphatic carbocycles. The normalized spacial score (nSPS) is 9.90. The second kappa shape index (κ2) is 3.57. The van der Waals surface area contributed by atoms with E-state index in [-0.39, 0.29) is 0 Å². The summed E-state index contributed by atoms with van der Waals surface area (Å²) in [4.78, 5) is 0. The van der Waals surface area contributed by atoms with Crippen LogP contribution in [0.2, 0.25) is 0 Å². The van der Waals surface area contributed by atoms with Crippen LogP contribution in [0.15, 0.2) is 16.6 Å². The van der Waals surface area contributed by atoms with Gasteiger partial charge in [-0.1, -0.05) is 0 Å². The van der Waals surface area contributed by atoms with Crippen LogP contribution in [0.4, 0.5) is 0 Å². The molecule has 0 heterocycles. The third-order valence-corrected chi connectivity index (χ3v) is 4.68. The zero-order valence-electron chi connectivity index (χ0n) is 4.74. The van der Waals surface area contributed by atoms with Crippen molar-refractivity contribution in [1.82, 2.24) is 0 Å². The summed E-state index contributed by atoms with van der Waals surface area (Å²) in [6.07, 6.45) is 0. The first-order chi connectivity index (χ1) is 4.63. The highest BCUT2D eigenvalue weighted by Crippen LogP contribution is 2.31. The van der Waals surface area contributed by atoms with E-state index in [4.69, 9.17) is 0 Å². The fraction of sp³-hybridized carbons (Fsp3) is 0. The summed E-state index contributed by atoms with van der Waals surface area (Å²) >= 11 is 7.51. The summed E-state index contributed by atoms with van der Waals surface area (Å²) in [7, 11) is 0. The molecule has 1 N–H and O–H groups in total. The zero-order chi connectivity index (χ0) is 7.72. The highest BCUT2D eigenvalue weighted by molar-refractivity contribution is 14.1. The van der Waals surface area contributed by atoms with Crippen LogP contribution in [-0.4, -0.2) is 5.11 Å². The van der Waals surface area contributed by atoms with Crippen LogP contribution in [0.1, 0.15) is 0 Å². The molecule has 0 amide bonds. The Balaban J connectivity index is 3.34. The minimum absolute atomic E-state index is 0.326. The predicted molar refractivity (Wildman–Crippen MR) is 61.2 cm³/mol. The maximum Gasteiger partial charge on any atom is 0.144 e. The smallest absolute Gasteiger partial charge is 0.144 e. The quantitative estimate of drug-likeness (QED) is 0.500. The fourth-order valence-corrected chi connectivity index (χ4v) is 2.12. The Morgan fingerprint density at radius 1 is 1.30 bits per heavy atom. The van der Waals surface area contributed by atoms with Crippen molar-refractivity contribution >= 4 is 61.1 Å². The van der Waals surface area contributed by atoms with Gasteiger partial charge in [-0.15, -0.1) is 0 Å². The van der Waals surface area contributed by atoms with Crippen LogP contribution < -0.4 is 0 Å². The molecule has 0 saturated heterocycles. The second-order valence-electron chi connectivity index (χ2n) is 1.69. The Morgan fingerprint density at radius 3 is 2.40 bits per heavy atom. The van der Waals surface area contributed by atoms with Crippen molar-refractivity contribution < 1.29 is 5.11 Å². The van der Waals surface area contributed by atoms with Crippen molar-refractivity contribution in [1.29, 1.82) is 0 Å². The topological polar surface area (TPSA) is 20.2 Å². The van der Waals surface area contributed by atoms with Gasteiger partial charge in [0.1, 0.15) is 5.75 Å². The molecule has 0 saturated carbocycles. The number of hydrogen-bond acceptors (Lipinski definition) is 1. The van der Waals surface area contributed by atoms with Crippen molar-refractivity contribution in [3.05, 3.63) is 23.7 Å². The number of benzene rings is 1. The third kappa shape index (κ3) is 1.76. The van der Waals surface area contributed by atoms with Gasteiger partial charge in [0.2, 0.25) is 0 Å². The molecule has 1 aromatic carbocycles. The molecule has 4 heteroatoms. The standard InChI is InChI=1S/C6H3BrI2O/c7-3-1-2-4(8)5(9)6(3)10/h1-2,10H. The van der Waals surface area contributed by atoms with Gasteiger partial charge in [-0.2, -0.15) is 0 Å². The van der Waals surface area contributed by atoms with E-state index in [9.17, 15) is 5.11 Å². The molecule has 0 fully saturated rings. The number of halogens is 3. The summed E-state index contributed by atoms with van der Waals surface area (Å²) in [6.45, 7) is 0. The zero-order valence-corrected chi connectivity index (χ0v) is 10.6. The first kappa shape index (κ1) is 9.05. The lowest BCUT2D eigenvalue weighted by molar-refractivity contribution is 0.467. The van der Waals surface area contributed by atoms with Crippen molar-refractivity contribution in [2.45, 2.75) is 0 Å². The molecule has 0 spiro atoms. The van der Waals surface area contributed by atoms with Crippen molar-refractivity contribution in [3.63, 3.8) is 0 Å². The van der Waals surface area contributed by atoms with Crippen LogP contribution in [0.5, 0.6) is 5.75 Å². The summed E-state index contributed by atoms with van der Waals surface area (Å²) < 4.78 is 2.71. The van der Waals surface area contributed by atoms with E-state index in [1.807, 2.05) is 12.1 Å². The summed E-state index contributed by atoms with van der Waals surface area (Å²) in [5, 5.41) is 9.33. The fourth-order valence-electron chi connectivity index (χ4n) is 0.516. The lowest BCUT2D eigenvalue weighted by atomic mass is 10.3. The molecule has 0 aliphatic rings. The largest absolute Gasteiger partial charge is 0.506 e. The van der Waals surface area contributed by atoms with Crippen molar-refractivity contribution in [2.24, 2.45) is 0 Å². The van der Waals surface area contributed by atoms with Gasteiger partial charge in [0.15, 0.2) is 0 Å². The molecule has 54 valence electrons. The van der Waals surface area contributed by atoms with E-state index in [2.05, 4.69) is 61.1 Å². The van der Waals surface area contributed by atoms with Gasteiger partial charge in [0.05, 0.1) is 8.04 Å². The summed E-state index contributed by atoms with van der Waals surface area (Å²) in [6, 6.07) is 3.78. The Bertz CT molecular complexity index is 235. The number of phenols is 1. The first-order valence-corrected chi connectivity index (χ1v) is 5.40. The van der Waals surface area contributed by atoms with Crippen LogP contribution in [-0.2, 0) is 0 Å². The number of hydrogen-bond donors (Lipinski definition) is 1. The lowest BCUT2D eigenvalue weighted by Gasteiger charge is -2.00. The Morgan fingerprint density at radius 2 is 1.90 bits per heavy atom.